The molecule has 0 fully saturated rings. The van der Waals surface area contributed by atoms with Crippen molar-refractivity contribution in [3.63, 3.8) is 0 Å². The summed E-state index contributed by atoms with van der Waals surface area (Å²) in [6.07, 6.45) is 0.385. The van der Waals surface area contributed by atoms with Gasteiger partial charge in [-0.2, -0.15) is 5.10 Å². The molecule has 1 aliphatic heterocycles. The van der Waals surface area contributed by atoms with Crippen molar-refractivity contribution in [1.82, 2.24) is 9.78 Å². The van der Waals surface area contributed by atoms with E-state index in [4.69, 9.17) is 25.8 Å². The van der Waals surface area contributed by atoms with Crippen LogP contribution in [0.25, 0.3) is 11.3 Å². The molecule has 0 saturated carbocycles. The van der Waals surface area contributed by atoms with Crippen LogP contribution in [0.1, 0.15) is 33.3 Å². The number of benzene rings is 2. The quantitative estimate of drug-likeness (QED) is 0.447. The smallest absolute Gasteiger partial charge is 0.237 e. The largest absolute Gasteiger partial charge is 0.496 e. The molecule has 7 nitrogen and oxygen atoms in total. The fourth-order valence-electron chi connectivity index (χ4n) is 4.84. The van der Waals surface area contributed by atoms with Gasteiger partial charge in [0.1, 0.15) is 22.1 Å². The van der Waals surface area contributed by atoms with Gasteiger partial charge in [0.2, 0.25) is 17.2 Å². The number of hydrogen-bond donors (Lipinski definition) is 0. The van der Waals surface area contributed by atoms with Gasteiger partial charge in [-0.05, 0) is 12.5 Å². The number of ketones is 2. The molecule has 3 aromatic rings. The number of methoxy groups -OCH3 is 2. The zero-order chi connectivity index (χ0) is 23.7. The molecular weight excluding hydrogens is 512 g/mol. The van der Waals surface area contributed by atoms with Crippen molar-refractivity contribution >= 4 is 39.1 Å². The maximum Gasteiger partial charge on any atom is 0.237 e. The van der Waals surface area contributed by atoms with Crippen molar-refractivity contribution < 1.29 is 23.8 Å². The number of fused-ring (bicyclic) bond motifs is 2. The number of aryl methyl sites for hydroxylation is 1. The molecular formula is C24H20BrClN2O5. The highest BCUT2D eigenvalue weighted by Gasteiger charge is 2.62. The van der Waals surface area contributed by atoms with Crippen LogP contribution in [0.3, 0.4) is 0 Å². The summed E-state index contributed by atoms with van der Waals surface area (Å²) in [5.74, 6) is -0.739. The standard InChI is InChI=1S/C24H20BrClN2O5/c1-11-9-14-17(20(28(2)27-14)12-7-5-6-8-13(12)25)22(29)24(11)23(30)18-15(31-3)10-16(32-4)19(26)21(18)33-24/h5-8,10-11H,9H2,1-4H3/t11-,24+/m1/s1. The molecule has 33 heavy (non-hydrogen) atoms. The number of halogens is 2. The molecule has 2 aromatic carbocycles. The number of rotatable bonds is 3. The number of Topliss-reactive ketones (excluding diaryl/α,β-unsaturated/α-hetero) is 2. The maximum atomic E-state index is 14.2. The Hall–Kier alpha value is -2.84. The summed E-state index contributed by atoms with van der Waals surface area (Å²) in [6, 6.07) is 9.10. The van der Waals surface area contributed by atoms with Crippen LogP contribution in [0, 0.1) is 5.92 Å². The molecule has 2 heterocycles. The lowest BCUT2D eigenvalue weighted by molar-refractivity contribution is 0.0259. The summed E-state index contributed by atoms with van der Waals surface area (Å²) in [5, 5.41) is 4.74. The molecule has 2 atom stereocenters. The van der Waals surface area contributed by atoms with Crippen LogP contribution in [0.5, 0.6) is 17.2 Å². The maximum absolute atomic E-state index is 14.2. The van der Waals surface area contributed by atoms with Gasteiger partial charge in [0.05, 0.1) is 31.2 Å². The average Bonchev–Trinajstić information content (AvgIpc) is 3.29. The molecule has 5 rings (SSSR count). The first-order valence-electron chi connectivity index (χ1n) is 10.3. The molecule has 170 valence electrons. The van der Waals surface area contributed by atoms with Crippen LogP contribution in [-0.2, 0) is 13.5 Å². The van der Waals surface area contributed by atoms with Gasteiger partial charge in [0.15, 0.2) is 5.75 Å². The first-order chi connectivity index (χ1) is 15.8. The van der Waals surface area contributed by atoms with Gasteiger partial charge < -0.3 is 14.2 Å². The Morgan fingerprint density at radius 1 is 1.15 bits per heavy atom. The van der Waals surface area contributed by atoms with Gasteiger partial charge in [0.25, 0.3) is 0 Å². The van der Waals surface area contributed by atoms with Crippen molar-refractivity contribution in [1.29, 1.82) is 0 Å². The van der Waals surface area contributed by atoms with E-state index in [1.54, 1.807) is 11.7 Å². The fraction of sp³-hybridized carbons (Fsp3) is 0.292. The molecule has 0 N–H and O–H groups in total. The molecule has 0 amide bonds. The van der Waals surface area contributed by atoms with Gasteiger partial charge in [-0.15, -0.1) is 0 Å². The minimum absolute atomic E-state index is 0.104. The zero-order valence-corrected chi connectivity index (χ0v) is 20.7. The third-order valence-corrected chi connectivity index (χ3v) is 7.47. The Kier molecular flexibility index (Phi) is 5.06. The fourth-order valence-corrected chi connectivity index (χ4v) is 5.58. The molecule has 1 spiro atoms. The molecule has 0 radical (unpaired) electrons. The van der Waals surface area contributed by atoms with Crippen LogP contribution in [-0.4, -0.2) is 41.2 Å². The second kappa shape index (κ2) is 7.60. The number of nitrogens with zero attached hydrogens (tertiary/aromatic N) is 2. The van der Waals surface area contributed by atoms with E-state index >= 15 is 0 Å². The van der Waals surface area contributed by atoms with E-state index in [2.05, 4.69) is 21.0 Å². The normalized spacial score (nSPS) is 21.1. The molecule has 9 heteroatoms. The van der Waals surface area contributed by atoms with E-state index < -0.39 is 23.1 Å². The van der Waals surface area contributed by atoms with E-state index in [1.165, 1.54) is 20.3 Å². The summed E-state index contributed by atoms with van der Waals surface area (Å²) >= 11 is 10.1. The summed E-state index contributed by atoms with van der Waals surface area (Å²) in [7, 11) is 4.69. The minimum atomic E-state index is -1.77. The average molecular weight is 532 g/mol. The lowest BCUT2D eigenvalue weighted by atomic mass is 9.71. The third-order valence-electron chi connectivity index (χ3n) is 6.43. The van der Waals surface area contributed by atoms with E-state index in [0.717, 1.165) is 10.0 Å². The summed E-state index contributed by atoms with van der Waals surface area (Å²) in [4.78, 5) is 28.1. The summed E-state index contributed by atoms with van der Waals surface area (Å²) < 4.78 is 19.5. The second-order valence-corrected chi connectivity index (χ2v) is 9.41. The number of ether oxygens (including phenoxy) is 3. The highest BCUT2D eigenvalue weighted by molar-refractivity contribution is 9.10. The van der Waals surface area contributed by atoms with Crippen molar-refractivity contribution in [3.8, 4) is 28.5 Å². The van der Waals surface area contributed by atoms with Crippen LogP contribution in [0.2, 0.25) is 5.02 Å². The van der Waals surface area contributed by atoms with Crippen LogP contribution >= 0.6 is 27.5 Å². The van der Waals surface area contributed by atoms with E-state index in [9.17, 15) is 9.59 Å². The van der Waals surface area contributed by atoms with Gasteiger partial charge >= 0.3 is 0 Å². The van der Waals surface area contributed by atoms with Crippen molar-refractivity contribution in [2.45, 2.75) is 18.9 Å². The van der Waals surface area contributed by atoms with Gasteiger partial charge in [-0.3, -0.25) is 14.3 Å². The SMILES string of the molecule is COc1cc(OC)c2c(c1Cl)O[C@]1(C2=O)C(=O)c2c(nn(C)c2-c2ccccc2Br)C[C@H]1C. The van der Waals surface area contributed by atoms with Crippen LogP contribution in [0.4, 0.5) is 0 Å². The third kappa shape index (κ3) is 2.83. The number of aromatic nitrogens is 2. The van der Waals surface area contributed by atoms with Gasteiger partial charge in [0, 0.05) is 29.1 Å². The van der Waals surface area contributed by atoms with Gasteiger partial charge in [-0.25, -0.2) is 0 Å². The van der Waals surface area contributed by atoms with E-state index in [-0.39, 0.29) is 22.1 Å². The van der Waals surface area contributed by atoms with E-state index in [0.29, 0.717) is 29.1 Å². The van der Waals surface area contributed by atoms with Crippen molar-refractivity contribution in [2.75, 3.05) is 14.2 Å². The summed E-state index contributed by atoms with van der Waals surface area (Å²) in [6.45, 7) is 1.81. The predicted octanol–water partition coefficient (Wildman–Crippen LogP) is 4.91. The van der Waals surface area contributed by atoms with Crippen LogP contribution in [0.15, 0.2) is 34.8 Å². The Balaban J connectivity index is 1.73. The topological polar surface area (TPSA) is 79.7 Å². The Bertz CT molecular complexity index is 1350. The first kappa shape index (κ1) is 22.0. The highest BCUT2D eigenvalue weighted by atomic mass is 79.9. The Morgan fingerprint density at radius 3 is 2.48 bits per heavy atom. The predicted molar refractivity (Wildman–Crippen MR) is 126 cm³/mol. The number of carbonyl (C=O) groups excluding carboxylic acids is 2. The Morgan fingerprint density at radius 2 is 1.82 bits per heavy atom. The minimum Gasteiger partial charge on any atom is -0.496 e. The molecule has 0 unspecified atom stereocenters. The first-order valence-corrected chi connectivity index (χ1v) is 11.5. The van der Waals surface area contributed by atoms with Crippen molar-refractivity contribution in [2.24, 2.45) is 13.0 Å². The molecule has 2 aliphatic rings. The second-order valence-electron chi connectivity index (χ2n) is 8.17. The zero-order valence-electron chi connectivity index (χ0n) is 18.4. The van der Waals surface area contributed by atoms with Crippen molar-refractivity contribution in [3.05, 3.63) is 56.6 Å². The number of carbonyl (C=O) groups is 2. The molecule has 1 aromatic heterocycles. The number of hydrogen-bond acceptors (Lipinski definition) is 6. The molecule has 1 aliphatic carbocycles. The lowest BCUT2D eigenvalue weighted by Gasteiger charge is -2.35. The molecule has 0 saturated heterocycles. The Labute approximate surface area is 203 Å². The lowest BCUT2D eigenvalue weighted by Crippen LogP contribution is -2.56. The van der Waals surface area contributed by atoms with Crippen LogP contribution < -0.4 is 14.2 Å². The van der Waals surface area contributed by atoms with Gasteiger partial charge in [-0.1, -0.05) is 52.7 Å². The monoisotopic (exact) mass is 530 g/mol. The summed E-state index contributed by atoms with van der Waals surface area (Å²) in [5.41, 5.74) is 0.819. The molecule has 0 bridgehead atoms. The van der Waals surface area contributed by atoms with E-state index in [1.807, 2.05) is 31.2 Å². The highest BCUT2D eigenvalue weighted by Crippen LogP contribution is 2.54.